The van der Waals surface area contributed by atoms with Crippen LogP contribution in [0.4, 0.5) is 8.78 Å². The molecule has 1 heterocycles. The van der Waals surface area contributed by atoms with Gasteiger partial charge < -0.3 is 0 Å². The highest BCUT2D eigenvalue weighted by molar-refractivity contribution is 9.13. The van der Waals surface area contributed by atoms with Crippen molar-refractivity contribution in [1.82, 2.24) is 9.55 Å². The van der Waals surface area contributed by atoms with Gasteiger partial charge in [0.05, 0.1) is 0 Å². The zero-order chi connectivity index (χ0) is 8.59. The highest BCUT2D eigenvalue weighted by Crippen LogP contribution is 2.30. The molecule has 0 bridgehead atoms. The maximum Gasteiger partial charge on any atom is 0.321 e. The summed E-state index contributed by atoms with van der Waals surface area (Å²) in [4.78, 5) is 3.70. The zero-order valence-electron chi connectivity index (χ0n) is 4.86. The van der Waals surface area contributed by atoms with E-state index in [0.29, 0.717) is 9.17 Å². The van der Waals surface area contributed by atoms with Crippen molar-refractivity contribution < 1.29 is 8.78 Å². The molecule has 0 aliphatic rings. The highest BCUT2D eigenvalue weighted by Gasteiger charge is 2.17. The van der Waals surface area contributed by atoms with Crippen molar-refractivity contribution >= 4 is 47.8 Å². The van der Waals surface area contributed by atoms with Crippen LogP contribution in [-0.4, -0.2) is 9.55 Å². The lowest BCUT2D eigenvalue weighted by Crippen LogP contribution is -1.97. The molecular formula is C4HBr3F2N2. The lowest BCUT2D eigenvalue weighted by atomic mass is 10.9. The molecule has 0 unspecified atom stereocenters. The Morgan fingerprint density at radius 3 is 2.00 bits per heavy atom. The molecule has 0 aliphatic carbocycles. The van der Waals surface area contributed by atoms with Crippen LogP contribution in [0, 0.1) is 0 Å². The normalized spacial score (nSPS) is 11.1. The monoisotopic (exact) mass is 352 g/mol. The van der Waals surface area contributed by atoms with Crippen LogP contribution in [0.3, 0.4) is 0 Å². The largest absolute Gasteiger partial charge is 0.321 e. The van der Waals surface area contributed by atoms with Gasteiger partial charge in [-0.05, 0) is 47.8 Å². The molecule has 0 atom stereocenters. The molecule has 0 spiro atoms. The Bertz CT molecular complexity index is 273. The van der Waals surface area contributed by atoms with E-state index < -0.39 is 6.55 Å². The third kappa shape index (κ3) is 1.81. The third-order valence-corrected chi connectivity index (χ3v) is 3.37. The van der Waals surface area contributed by atoms with Crippen LogP contribution >= 0.6 is 47.8 Å². The van der Waals surface area contributed by atoms with Crippen LogP contribution in [0.2, 0.25) is 0 Å². The number of alkyl halides is 2. The second-order valence-corrected chi connectivity index (χ2v) is 3.82. The molecule has 0 radical (unpaired) electrons. The van der Waals surface area contributed by atoms with E-state index in [1.54, 1.807) is 0 Å². The van der Waals surface area contributed by atoms with Crippen LogP contribution in [0.15, 0.2) is 13.9 Å². The smallest absolute Gasteiger partial charge is 0.254 e. The topological polar surface area (TPSA) is 17.8 Å². The Kier molecular flexibility index (Phi) is 3.04. The van der Waals surface area contributed by atoms with E-state index >= 15 is 0 Å². The van der Waals surface area contributed by atoms with Gasteiger partial charge in [0.2, 0.25) is 0 Å². The lowest BCUT2D eigenvalue weighted by molar-refractivity contribution is 0.0653. The lowest BCUT2D eigenvalue weighted by Gasteiger charge is -2.01. The minimum absolute atomic E-state index is 0.0891. The maximum absolute atomic E-state index is 12.1. The van der Waals surface area contributed by atoms with E-state index in [1.807, 2.05) is 0 Å². The summed E-state index contributed by atoms with van der Waals surface area (Å²) >= 11 is 8.82. The summed E-state index contributed by atoms with van der Waals surface area (Å²) in [6, 6.07) is 0. The Morgan fingerprint density at radius 1 is 1.27 bits per heavy atom. The number of hydrogen-bond donors (Lipinski definition) is 0. The molecule has 1 aromatic heterocycles. The Morgan fingerprint density at radius 2 is 1.82 bits per heavy atom. The summed E-state index contributed by atoms with van der Waals surface area (Å²) in [5.41, 5.74) is 0. The molecule has 7 heteroatoms. The Labute approximate surface area is 86.4 Å². The van der Waals surface area contributed by atoms with Gasteiger partial charge >= 0.3 is 6.55 Å². The number of hydrogen-bond acceptors (Lipinski definition) is 1. The van der Waals surface area contributed by atoms with Crippen molar-refractivity contribution in [3.8, 4) is 0 Å². The second kappa shape index (κ2) is 3.49. The predicted octanol–water partition coefficient (Wildman–Crippen LogP) is 3.57. The molecule has 0 amide bonds. The minimum atomic E-state index is -2.60. The first-order chi connectivity index (χ1) is 5.04. The molecule has 0 N–H and O–H groups in total. The van der Waals surface area contributed by atoms with E-state index in [2.05, 4.69) is 52.8 Å². The van der Waals surface area contributed by atoms with Crippen molar-refractivity contribution in [2.45, 2.75) is 6.55 Å². The first-order valence-corrected chi connectivity index (χ1v) is 4.79. The standard InChI is InChI=1S/C4HBr3F2N2/c5-1-2(6)11(4(8)9)3(7)10-1/h4H. The minimum Gasteiger partial charge on any atom is -0.254 e. The van der Waals surface area contributed by atoms with E-state index in [1.165, 1.54) is 0 Å². The van der Waals surface area contributed by atoms with E-state index in [0.717, 1.165) is 0 Å². The van der Waals surface area contributed by atoms with Crippen LogP contribution < -0.4 is 0 Å². The molecule has 2 nitrogen and oxygen atoms in total. The van der Waals surface area contributed by atoms with Crippen LogP contribution in [0.1, 0.15) is 6.55 Å². The predicted molar refractivity (Wildman–Crippen MR) is 46.6 cm³/mol. The van der Waals surface area contributed by atoms with Gasteiger partial charge in [-0.3, -0.25) is 4.57 Å². The van der Waals surface area contributed by atoms with Gasteiger partial charge in [0.25, 0.3) is 0 Å². The van der Waals surface area contributed by atoms with Gasteiger partial charge in [-0.15, -0.1) is 0 Å². The third-order valence-electron chi connectivity index (χ3n) is 0.966. The molecule has 11 heavy (non-hydrogen) atoms. The fourth-order valence-corrected chi connectivity index (χ4v) is 2.28. The average Bonchev–Trinajstić information content (AvgIpc) is 2.07. The fourth-order valence-electron chi connectivity index (χ4n) is 0.528. The summed E-state index contributed by atoms with van der Waals surface area (Å²) in [6.45, 7) is -2.60. The summed E-state index contributed by atoms with van der Waals surface area (Å²) in [5.74, 6) is 0. The first kappa shape index (κ1) is 9.60. The number of aromatic nitrogens is 2. The fraction of sp³-hybridized carbons (Fsp3) is 0.250. The van der Waals surface area contributed by atoms with Gasteiger partial charge in [0.15, 0.2) is 4.73 Å². The SMILES string of the molecule is FC(F)n1c(Br)nc(Br)c1Br. The van der Waals surface area contributed by atoms with E-state index in [9.17, 15) is 8.78 Å². The van der Waals surface area contributed by atoms with Crippen molar-refractivity contribution in [2.24, 2.45) is 0 Å². The van der Waals surface area contributed by atoms with Gasteiger partial charge in [0, 0.05) is 0 Å². The molecule has 1 aromatic rings. The summed E-state index contributed by atoms with van der Waals surface area (Å²) in [7, 11) is 0. The molecule has 0 saturated carbocycles. The molecular weight excluding hydrogens is 354 g/mol. The first-order valence-electron chi connectivity index (χ1n) is 2.41. The highest BCUT2D eigenvalue weighted by atomic mass is 79.9. The van der Waals surface area contributed by atoms with Crippen molar-refractivity contribution in [1.29, 1.82) is 0 Å². The summed E-state index contributed by atoms with van der Waals surface area (Å²) in [6.07, 6.45) is 0. The molecule has 62 valence electrons. The quantitative estimate of drug-likeness (QED) is 0.754. The van der Waals surface area contributed by atoms with Crippen molar-refractivity contribution in [3.05, 3.63) is 13.9 Å². The van der Waals surface area contributed by atoms with Crippen LogP contribution in [0.5, 0.6) is 0 Å². The van der Waals surface area contributed by atoms with E-state index in [4.69, 9.17) is 0 Å². The number of halogens is 5. The van der Waals surface area contributed by atoms with Crippen LogP contribution in [-0.2, 0) is 0 Å². The van der Waals surface area contributed by atoms with Crippen molar-refractivity contribution in [2.75, 3.05) is 0 Å². The Hall–Kier alpha value is 0.510. The zero-order valence-corrected chi connectivity index (χ0v) is 9.62. The average molecular weight is 355 g/mol. The molecule has 0 aliphatic heterocycles. The van der Waals surface area contributed by atoms with Gasteiger partial charge in [0.1, 0.15) is 9.21 Å². The molecule has 0 saturated heterocycles. The van der Waals surface area contributed by atoms with Crippen molar-refractivity contribution in [3.63, 3.8) is 0 Å². The number of nitrogens with zero attached hydrogens (tertiary/aromatic N) is 2. The summed E-state index contributed by atoms with van der Waals surface area (Å²) in [5, 5.41) is 0. The van der Waals surface area contributed by atoms with Gasteiger partial charge in [-0.25, -0.2) is 4.98 Å². The maximum atomic E-state index is 12.1. The van der Waals surface area contributed by atoms with Crippen LogP contribution in [0.25, 0.3) is 0 Å². The van der Waals surface area contributed by atoms with Gasteiger partial charge in [-0.1, -0.05) is 0 Å². The number of rotatable bonds is 1. The number of imidazole rings is 1. The molecule has 0 fully saturated rings. The Balaban J connectivity index is 3.22. The summed E-state index contributed by atoms with van der Waals surface area (Å²) < 4.78 is 25.7. The van der Waals surface area contributed by atoms with E-state index in [-0.39, 0.29) is 9.34 Å². The van der Waals surface area contributed by atoms with Gasteiger partial charge in [-0.2, -0.15) is 8.78 Å². The molecule has 1 rings (SSSR count). The second-order valence-electron chi connectivity index (χ2n) is 1.61. The molecule has 0 aromatic carbocycles.